The fourth-order valence-electron chi connectivity index (χ4n) is 3.75. The summed E-state index contributed by atoms with van der Waals surface area (Å²) in [4.78, 5) is 4.74. The molecule has 0 atom stereocenters. The fourth-order valence-corrected chi connectivity index (χ4v) is 3.88. The summed E-state index contributed by atoms with van der Waals surface area (Å²) in [5.74, 6) is 0. The summed E-state index contributed by atoms with van der Waals surface area (Å²) >= 11 is 6.09. The first-order valence-electron chi connectivity index (χ1n) is 8.97. The molecular weight excluding hydrogens is 352 g/mol. The van der Waals surface area contributed by atoms with Crippen molar-refractivity contribution in [3.63, 3.8) is 0 Å². The van der Waals surface area contributed by atoms with Crippen LogP contribution in [0.5, 0.6) is 0 Å². The Morgan fingerprint density at radius 2 is 1.48 bits per heavy atom. The Bertz CT molecular complexity index is 1240. The molecular formula is C24H17ClN2. The van der Waals surface area contributed by atoms with Crippen LogP contribution >= 0.6 is 11.6 Å². The molecule has 27 heavy (non-hydrogen) atoms. The second-order valence-electron chi connectivity index (χ2n) is 6.65. The van der Waals surface area contributed by atoms with Crippen LogP contribution in [0.2, 0.25) is 5.02 Å². The molecule has 3 heteroatoms. The Balaban J connectivity index is 1.83. The van der Waals surface area contributed by atoms with Crippen molar-refractivity contribution in [3.8, 4) is 11.3 Å². The highest BCUT2D eigenvalue weighted by atomic mass is 35.5. The second-order valence-corrected chi connectivity index (χ2v) is 7.09. The van der Waals surface area contributed by atoms with E-state index in [4.69, 9.17) is 16.6 Å². The van der Waals surface area contributed by atoms with Crippen LogP contribution in [0.15, 0.2) is 91.1 Å². The molecule has 5 aromatic rings. The molecule has 0 aliphatic heterocycles. The van der Waals surface area contributed by atoms with E-state index in [0.717, 1.165) is 28.3 Å². The summed E-state index contributed by atoms with van der Waals surface area (Å²) in [6.07, 6.45) is 1.89. The van der Waals surface area contributed by atoms with Crippen molar-refractivity contribution in [1.82, 2.24) is 9.55 Å². The summed E-state index contributed by atoms with van der Waals surface area (Å²) in [6, 6.07) is 29.1. The van der Waals surface area contributed by atoms with Crippen LogP contribution in [0.25, 0.3) is 33.1 Å². The van der Waals surface area contributed by atoms with Gasteiger partial charge in [-0.2, -0.15) is 0 Å². The lowest BCUT2D eigenvalue weighted by Gasteiger charge is -2.11. The number of hydrogen-bond acceptors (Lipinski definition) is 1. The van der Waals surface area contributed by atoms with E-state index in [1.54, 1.807) is 0 Å². The van der Waals surface area contributed by atoms with Gasteiger partial charge >= 0.3 is 0 Å². The minimum Gasteiger partial charge on any atom is -0.334 e. The van der Waals surface area contributed by atoms with Gasteiger partial charge in [-0.15, -0.1) is 0 Å². The zero-order valence-corrected chi connectivity index (χ0v) is 15.4. The molecule has 2 nitrogen and oxygen atoms in total. The number of halogens is 1. The highest BCUT2D eigenvalue weighted by Crippen LogP contribution is 2.35. The zero-order valence-electron chi connectivity index (χ0n) is 14.6. The predicted molar refractivity (Wildman–Crippen MR) is 113 cm³/mol. The monoisotopic (exact) mass is 368 g/mol. The third kappa shape index (κ3) is 2.79. The maximum Gasteiger partial charge on any atom is 0.0945 e. The summed E-state index contributed by atoms with van der Waals surface area (Å²) in [7, 11) is 0. The van der Waals surface area contributed by atoms with Gasteiger partial charge in [-0.25, -0.2) is 0 Å². The largest absolute Gasteiger partial charge is 0.334 e. The molecule has 2 aromatic heterocycles. The highest BCUT2D eigenvalue weighted by Gasteiger charge is 2.16. The fraction of sp³-hybridized carbons (Fsp3) is 0.0417. The van der Waals surface area contributed by atoms with Gasteiger partial charge in [0.05, 0.1) is 11.2 Å². The Morgan fingerprint density at radius 1 is 0.741 bits per heavy atom. The molecule has 0 spiro atoms. The first kappa shape index (κ1) is 16.1. The van der Waals surface area contributed by atoms with E-state index < -0.39 is 0 Å². The van der Waals surface area contributed by atoms with Gasteiger partial charge in [-0.1, -0.05) is 72.3 Å². The molecule has 0 saturated carbocycles. The molecule has 5 rings (SSSR count). The molecule has 0 N–H and O–H groups in total. The maximum absolute atomic E-state index is 6.09. The van der Waals surface area contributed by atoms with Crippen LogP contribution in [0.1, 0.15) is 5.56 Å². The zero-order chi connectivity index (χ0) is 18.2. The number of para-hydroxylation sites is 1. The summed E-state index contributed by atoms with van der Waals surface area (Å²) < 4.78 is 2.37. The van der Waals surface area contributed by atoms with Crippen LogP contribution in [0.4, 0.5) is 0 Å². The maximum atomic E-state index is 6.09. The molecule has 2 heterocycles. The second kappa shape index (κ2) is 6.57. The minimum absolute atomic E-state index is 0.732. The van der Waals surface area contributed by atoms with E-state index in [9.17, 15) is 0 Å². The number of fused-ring (bicyclic) bond motifs is 3. The number of benzene rings is 3. The van der Waals surface area contributed by atoms with Gasteiger partial charge in [0.25, 0.3) is 0 Å². The first-order valence-corrected chi connectivity index (χ1v) is 9.35. The van der Waals surface area contributed by atoms with Crippen LogP contribution in [-0.4, -0.2) is 9.55 Å². The van der Waals surface area contributed by atoms with Crippen LogP contribution in [-0.2, 0) is 6.54 Å². The summed E-state index contributed by atoms with van der Waals surface area (Å²) in [5, 5.41) is 3.21. The first-order chi connectivity index (χ1) is 13.3. The Kier molecular flexibility index (Phi) is 3.92. The summed E-state index contributed by atoms with van der Waals surface area (Å²) in [5.41, 5.74) is 5.70. The van der Waals surface area contributed by atoms with Crippen LogP contribution in [0.3, 0.4) is 0 Å². The molecule has 0 fully saturated rings. The van der Waals surface area contributed by atoms with Gasteiger partial charge in [-0.05, 0) is 29.8 Å². The van der Waals surface area contributed by atoms with Gasteiger partial charge in [-0.3, -0.25) is 4.98 Å². The molecule has 130 valence electrons. The van der Waals surface area contributed by atoms with Gasteiger partial charge in [0.1, 0.15) is 0 Å². The lowest BCUT2D eigenvalue weighted by Crippen LogP contribution is -2.01. The van der Waals surface area contributed by atoms with E-state index in [1.807, 2.05) is 30.5 Å². The van der Waals surface area contributed by atoms with Crippen molar-refractivity contribution in [2.45, 2.75) is 6.54 Å². The smallest absolute Gasteiger partial charge is 0.0945 e. The summed E-state index contributed by atoms with van der Waals surface area (Å²) in [6.45, 7) is 0.803. The van der Waals surface area contributed by atoms with Crippen molar-refractivity contribution in [3.05, 3.63) is 102 Å². The van der Waals surface area contributed by atoms with E-state index in [1.165, 1.54) is 21.9 Å². The van der Waals surface area contributed by atoms with Crippen molar-refractivity contribution in [2.24, 2.45) is 0 Å². The molecule has 0 unspecified atom stereocenters. The Labute approximate surface area is 162 Å². The SMILES string of the molecule is Clc1ccc(-c2nccc3c4ccccc4n(Cc4ccccc4)c23)cc1. The number of hydrogen-bond donors (Lipinski definition) is 0. The number of rotatable bonds is 3. The van der Waals surface area contributed by atoms with Crippen molar-refractivity contribution in [1.29, 1.82) is 0 Å². The van der Waals surface area contributed by atoms with Crippen LogP contribution < -0.4 is 0 Å². The normalized spacial score (nSPS) is 11.3. The minimum atomic E-state index is 0.732. The number of aromatic nitrogens is 2. The van der Waals surface area contributed by atoms with Crippen molar-refractivity contribution >= 4 is 33.4 Å². The molecule has 0 bridgehead atoms. The van der Waals surface area contributed by atoms with Gasteiger partial charge in [0.2, 0.25) is 0 Å². The number of nitrogens with zero attached hydrogens (tertiary/aromatic N) is 2. The lowest BCUT2D eigenvalue weighted by atomic mass is 10.1. The molecule has 0 radical (unpaired) electrons. The predicted octanol–water partition coefficient (Wildman–Crippen LogP) is 6.56. The van der Waals surface area contributed by atoms with E-state index in [0.29, 0.717) is 0 Å². The van der Waals surface area contributed by atoms with E-state index >= 15 is 0 Å². The molecule has 0 amide bonds. The average molecular weight is 369 g/mol. The van der Waals surface area contributed by atoms with E-state index in [-0.39, 0.29) is 0 Å². The Morgan fingerprint density at radius 3 is 2.30 bits per heavy atom. The Hall–Kier alpha value is -3.10. The quantitative estimate of drug-likeness (QED) is 0.352. The van der Waals surface area contributed by atoms with Gasteiger partial charge in [0, 0.05) is 39.6 Å². The highest BCUT2D eigenvalue weighted by molar-refractivity contribution is 6.30. The molecule has 0 aliphatic rings. The topological polar surface area (TPSA) is 17.8 Å². The van der Waals surface area contributed by atoms with Crippen molar-refractivity contribution in [2.75, 3.05) is 0 Å². The van der Waals surface area contributed by atoms with Crippen molar-refractivity contribution < 1.29 is 0 Å². The molecule has 0 saturated heterocycles. The lowest BCUT2D eigenvalue weighted by molar-refractivity contribution is 0.868. The van der Waals surface area contributed by atoms with Crippen LogP contribution in [0, 0.1) is 0 Å². The standard InChI is InChI=1S/C24H17ClN2/c25-19-12-10-18(11-13-19)23-24-21(14-15-26-23)20-8-4-5-9-22(20)27(24)16-17-6-2-1-3-7-17/h1-15H,16H2. The number of pyridine rings is 1. The molecule has 0 aliphatic carbocycles. The van der Waals surface area contributed by atoms with Gasteiger partial charge < -0.3 is 4.57 Å². The van der Waals surface area contributed by atoms with Gasteiger partial charge in [0.15, 0.2) is 0 Å². The molecule has 3 aromatic carbocycles. The third-order valence-corrected chi connectivity index (χ3v) is 5.23. The van der Waals surface area contributed by atoms with E-state index in [2.05, 4.69) is 65.2 Å². The average Bonchev–Trinajstić information content (AvgIpc) is 3.04. The third-order valence-electron chi connectivity index (χ3n) is 4.98.